The number of hydrogen-bond acceptors (Lipinski definition) is 1. The number of anilines is 3. The van der Waals surface area contributed by atoms with E-state index in [0.717, 1.165) is 21.5 Å². The Kier molecular flexibility index (Phi) is 5.87. The average Bonchev–Trinajstić information content (AvgIpc) is 2.87. The van der Waals surface area contributed by atoms with Gasteiger partial charge in [-0.3, -0.25) is 0 Å². The molecule has 0 heterocycles. The fraction of sp³-hybridized carbons (Fsp3) is 0. The van der Waals surface area contributed by atoms with Crippen molar-refractivity contribution in [2.75, 3.05) is 4.90 Å². The lowest BCUT2D eigenvalue weighted by molar-refractivity contribution is 1.27. The minimum Gasteiger partial charge on any atom is -0.309 e. The van der Waals surface area contributed by atoms with Crippen LogP contribution in [0.4, 0.5) is 17.1 Å². The Labute approximate surface area is 197 Å². The van der Waals surface area contributed by atoms with Crippen LogP contribution >= 0.6 is 15.9 Å². The molecule has 2 heteroatoms. The van der Waals surface area contributed by atoms with Crippen molar-refractivity contribution in [1.82, 2.24) is 0 Å². The number of halogens is 1. The van der Waals surface area contributed by atoms with E-state index in [9.17, 15) is 0 Å². The first kappa shape index (κ1) is 20.3. The van der Waals surface area contributed by atoms with Gasteiger partial charge in [-0.25, -0.2) is 0 Å². The summed E-state index contributed by atoms with van der Waals surface area (Å²) in [6.07, 6.45) is 0. The average molecular weight is 476 g/mol. The Morgan fingerprint density at radius 3 is 1.41 bits per heavy atom. The Morgan fingerprint density at radius 1 is 0.406 bits per heavy atom. The first-order valence-electron chi connectivity index (χ1n) is 10.7. The third-order valence-corrected chi connectivity index (χ3v) is 6.17. The topological polar surface area (TPSA) is 3.24 Å². The van der Waals surface area contributed by atoms with Crippen molar-refractivity contribution in [1.29, 1.82) is 0 Å². The summed E-state index contributed by atoms with van der Waals surface area (Å²) >= 11 is 3.78. The summed E-state index contributed by atoms with van der Waals surface area (Å²) in [4.78, 5) is 2.31. The van der Waals surface area contributed by atoms with E-state index in [2.05, 4.69) is 148 Å². The van der Waals surface area contributed by atoms with E-state index in [0.29, 0.717) is 0 Å². The molecule has 0 atom stereocenters. The molecule has 5 aromatic rings. The van der Waals surface area contributed by atoms with Gasteiger partial charge in [0, 0.05) is 15.8 Å². The van der Waals surface area contributed by atoms with Crippen molar-refractivity contribution in [3.8, 4) is 22.3 Å². The van der Waals surface area contributed by atoms with E-state index < -0.39 is 0 Å². The predicted octanol–water partition coefficient (Wildman–Crippen LogP) is 9.25. The zero-order chi connectivity index (χ0) is 21.8. The van der Waals surface area contributed by atoms with Crippen LogP contribution in [-0.2, 0) is 0 Å². The van der Waals surface area contributed by atoms with Crippen LogP contribution in [0.25, 0.3) is 22.3 Å². The zero-order valence-electron chi connectivity index (χ0n) is 17.5. The van der Waals surface area contributed by atoms with E-state index in [-0.39, 0.29) is 0 Å². The van der Waals surface area contributed by atoms with Crippen LogP contribution in [0.15, 0.2) is 138 Å². The molecule has 5 rings (SSSR count). The van der Waals surface area contributed by atoms with Crippen molar-refractivity contribution in [2.45, 2.75) is 0 Å². The maximum atomic E-state index is 3.78. The van der Waals surface area contributed by atoms with Crippen molar-refractivity contribution in [3.05, 3.63) is 138 Å². The first-order chi connectivity index (χ1) is 15.8. The lowest BCUT2D eigenvalue weighted by Crippen LogP contribution is -2.10. The highest BCUT2D eigenvalue weighted by Crippen LogP contribution is 2.41. The zero-order valence-corrected chi connectivity index (χ0v) is 19.1. The van der Waals surface area contributed by atoms with Gasteiger partial charge in [0.1, 0.15) is 0 Å². The summed E-state index contributed by atoms with van der Waals surface area (Å²) in [5.41, 5.74) is 8.11. The highest BCUT2D eigenvalue weighted by atomic mass is 79.9. The first-order valence-corrected chi connectivity index (χ1v) is 11.4. The molecular weight excluding hydrogens is 454 g/mol. The van der Waals surface area contributed by atoms with Crippen LogP contribution < -0.4 is 4.90 Å². The molecular formula is C30H22BrN. The van der Waals surface area contributed by atoms with Crippen molar-refractivity contribution in [3.63, 3.8) is 0 Å². The van der Waals surface area contributed by atoms with E-state index in [4.69, 9.17) is 0 Å². The minimum atomic E-state index is 1.05. The van der Waals surface area contributed by atoms with Gasteiger partial charge in [0.25, 0.3) is 0 Å². The molecule has 0 saturated heterocycles. The molecule has 5 aromatic carbocycles. The second-order valence-corrected chi connectivity index (χ2v) is 8.48. The molecule has 1 nitrogen and oxygen atoms in total. The van der Waals surface area contributed by atoms with Crippen LogP contribution in [0.5, 0.6) is 0 Å². The number of nitrogens with zero attached hydrogens (tertiary/aromatic N) is 1. The fourth-order valence-corrected chi connectivity index (χ4v) is 4.43. The van der Waals surface area contributed by atoms with Gasteiger partial charge < -0.3 is 4.90 Å². The summed E-state index contributed by atoms with van der Waals surface area (Å²) in [6, 6.07) is 46.8. The fourth-order valence-electron chi connectivity index (χ4n) is 3.97. The Balaban J connectivity index is 1.76. The summed E-state index contributed by atoms with van der Waals surface area (Å²) < 4.78 is 1.05. The standard InChI is InChI=1S/C30H22BrN/c31-29-18-10-11-19-30(29)32(27-16-8-3-9-17-27)28-21-25(23-12-4-1-5-13-23)20-26(22-28)24-14-6-2-7-15-24/h1-22H. The van der Waals surface area contributed by atoms with E-state index in [1.165, 1.54) is 22.3 Å². The van der Waals surface area contributed by atoms with Crippen molar-refractivity contribution >= 4 is 33.0 Å². The number of rotatable bonds is 5. The third kappa shape index (κ3) is 4.23. The third-order valence-electron chi connectivity index (χ3n) is 5.50. The minimum absolute atomic E-state index is 1.05. The Bertz CT molecular complexity index is 1260. The SMILES string of the molecule is Brc1ccccc1N(c1ccccc1)c1cc(-c2ccccc2)cc(-c2ccccc2)c1. The quantitative estimate of drug-likeness (QED) is 0.244. The lowest BCUT2D eigenvalue weighted by Gasteiger charge is -2.27. The lowest BCUT2D eigenvalue weighted by atomic mass is 9.97. The van der Waals surface area contributed by atoms with Gasteiger partial charge in [-0.2, -0.15) is 0 Å². The Morgan fingerprint density at radius 2 is 0.875 bits per heavy atom. The number of para-hydroxylation sites is 2. The number of benzene rings is 5. The van der Waals surface area contributed by atoms with Crippen molar-refractivity contribution < 1.29 is 0 Å². The molecule has 0 aliphatic heterocycles. The van der Waals surface area contributed by atoms with Crippen LogP contribution in [0, 0.1) is 0 Å². The molecule has 0 fully saturated rings. The summed E-state index contributed by atoms with van der Waals surface area (Å²) in [5.74, 6) is 0. The molecule has 0 aromatic heterocycles. The molecule has 0 aliphatic carbocycles. The van der Waals surface area contributed by atoms with Gasteiger partial charge in [-0.05, 0) is 80.6 Å². The second kappa shape index (κ2) is 9.25. The highest BCUT2D eigenvalue weighted by Gasteiger charge is 2.17. The molecule has 0 bridgehead atoms. The molecule has 0 N–H and O–H groups in total. The molecule has 154 valence electrons. The maximum absolute atomic E-state index is 3.78. The van der Waals surface area contributed by atoms with Gasteiger partial charge in [0.15, 0.2) is 0 Å². The van der Waals surface area contributed by atoms with Gasteiger partial charge in [0.05, 0.1) is 5.69 Å². The normalized spacial score (nSPS) is 10.7. The van der Waals surface area contributed by atoms with Crippen LogP contribution in [-0.4, -0.2) is 0 Å². The summed E-state index contributed by atoms with van der Waals surface area (Å²) in [6.45, 7) is 0. The molecule has 0 unspecified atom stereocenters. The second-order valence-electron chi connectivity index (χ2n) is 7.62. The summed E-state index contributed by atoms with van der Waals surface area (Å²) in [5, 5.41) is 0. The monoisotopic (exact) mass is 475 g/mol. The molecule has 0 radical (unpaired) electrons. The molecule has 0 saturated carbocycles. The highest BCUT2D eigenvalue weighted by molar-refractivity contribution is 9.10. The van der Waals surface area contributed by atoms with Gasteiger partial charge in [-0.15, -0.1) is 0 Å². The molecule has 0 amide bonds. The van der Waals surface area contributed by atoms with Crippen LogP contribution in [0.2, 0.25) is 0 Å². The van der Waals surface area contributed by atoms with Gasteiger partial charge in [0.2, 0.25) is 0 Å². The molecule has 0 spiro atoms. The predicted molar refractivity (Wildman–Crippen MR) is 140 cm³/mol. The van der Waals surface area contributed by atoms with Crippen molar-refractivity contribution in [2.24, 2.45) is 0 Å². The van der Waals surface area contributed by atoms with E-state index in [1.54, 1.807) is 0 Å². The van der Waals surface area contributed by atoms with Gasteiger partial charge in [-0.1, -0.05) is 91.0 Å². The van der Waals surface area contributed by atoms with Gasteiger partial charge >= 0.3 is 0 Å². The van der Waals surface area contributed by atoms with Crippen LogP contribution in [0.3, 0.4) is 0 Å². The van der Waals surface area contributed by atoms with E-state index in [1.807, 2.05) is 6.07 Å². The summed E-state index contributed by atoms with van der Waals surface area (Å²) in [7, 11) is 0. The molecule has 32 heavy (non-hydrogen) atoms. The maximum Gasteiger partial charge on any atom is 0.0603 e. The largest absolute Gasteiger partial charge is 0.309 e. The Hall–Kier alpha value is -3.62. The van der Waals surface area contributed by atoms with Crippen LogP contribution in [0.1, 0.15) is 0 Å². The molecule has 0 aliphatic rings. The smallest absolute Gasteiger partial charge is 0.0603 e. The van der Waals surface area contributed by atoms with E-state index >= 15 is 0 Å². The number of hydrogen-bond donors (Lipinski definition) is 0.